The minimum absolute atomic E-state index is 0.103. The average molecular weight is 394 g/mol. The van der Waals surface area contributed by atoms with Gasteiger partial charge in [0.05, 0.1) is 12.2 Å². The molecule has 1 aromatic heterocycles. The van der Waals surface area contributed by atoms with E-state index in [1.165, 1.54) is 18.0 Å². The molecule has 0 aliphatic carbocycles. The van der Waals surface area contributed by atoms with Crippen LogP contribution in [0.1, 0.15) is 34.8 Å². The van der Waals surface area contributed by atoms with E-state index in [9.17, 15) is 9.59 Å². The lowest BCUT2D eigenvalue weighted by Gasteiger charge is -2.51. The summed E-state index contributed by atoms with van der Waals surface area (Å²) in [5.74, 6) is 2.18. The van der Waals surface area contributed by atoms with Crippen molar-refractivity contribution in [3.63, 3.8) is 0 Å². The molecule has 6 heterocycles. The van der Waals surface area contributed by atoms with Gasteiger partial charge in [-0.1, -0.05) is 6.07 Å². The second kappa shape index (κ2) is 6.32. The van der Waals surface area contributed by atoms with Crippen molar-refractivity contribution in [1.29, 1.82) is 0 Å². The van der Waals surface area contributed by atoms with Crippen LogP contribution in [0, 0.1) is 5.92 Å². The van der Waals surface area contributed by atoms with Crippen molar-refractivity contribution in [3.05, 3.63) is 52.2 Å². The largest absolute Gasteiger partial charge is 0.454 e. The number of nitrogens with zero attached hydrogens (tertiary/aromatic N) is 3. The van der Waals surface area contributed by atoms with Crippen LogP contribution in [0.5, 0.6) is 11.5 Å². The summed E-state index contributed by atoms with van der Waals surface area (Å²) in [6.45, 7) is 3.07. The first-order chi connectivity index (χ1) is 14.2. The summed E-state index contributed by atoms with van der Waals surface area (Å²) in [4.78, 5) is 35.9. The monoisotopic (exact) mass is 394 g/mol. The highest BCUT2D eigenvalue weighted by Crippen LogP contribution is 2.48. The smallest absolute Gasteiger partial charge is 0.274 e. The van der Waals surface area contributed by atoms with Gasteiger partial charge in [-0.3, -0.25) is 14.5 Å². The highest BCUT2D eigenvalue weighted by molar-refractivity contribution is 5.92. The van der Waals surface area contributed by atoms with Crippen molar-refractivity contribution in [2.45, 2.75) is 30.8 Å². The molecule has 150 valence electrons. The Morgan fingerprint density at radius 3 is 2.76 bits per heavy atom. The molecule has 29 heavy (non-hydrogen) atoms. The zero-order valence-corrected chi connectivity index (χ0v) is 15.9. The Morgan fingerprint density at radius 1 is 1.14 bits per heavy atom. The van der Waals surface area contributed by atoms with Gasteiger partial charge in [0.1, 0.15) is 5.69 Å². The lowest BCUT2D eigenvalue weighted by atomic mass is 9.75. The molecule has 0 unspecified atom stereocenters. The number of fused-ring (bicyclic) bond motifs is 3. The van der Waals surface area contributed by atoms with Crippen LogP contribution in [-0.2, 0) is 0 Å². The first-order valence-corrected chi connectivity index (χ1v) is 10.2. The molecule has 0 saturated carbocycles. The molecule has 2 bridgehead atoms. The van der Waals surface area contributed by atoms with Crippen molar-refractivity contribution in [2.75, 3.05) is 26.4 Å². The van der Waals surface area contributed by atoms with E-state index in [1.54, 1.807) is 0 Å². The summed E-state index contributed by atoms with van der Waals surface area (Å²) in [5, 5.41) is 0. The van der Waals surface area contributed by atoms with Gasteiger partial charge < -0.3 is 19.4 Å². The van der Waals surface area contributed by atoms with E-state index < -0.39 is 0 Å². The molecule has 1 amide bonds. The number of rotatable bonds is 2. The quantitative estimate of drug-likeness (QED) is 0.824. The Labute approximate surface area is 167 Å². The van der Waals surface area contributed by atoms with Crippen LogP contribution < -0.4 is 15.0 Å². The number of nitrogens with one attached hydrogen (secondary N) is 1. The number of benzene rings is 1. The van der Waals surface area contributed by atoms with Crippen LogP contribution in [0.2, 0.25) is 0 Å². The molecule has 5 aliphatic rings. The fourth-order valence-electron chi connectivity index (χ4n) is 5.70. The maximum atomic E-state index is 13.3. The number of H-pyrrole nitrogens is 1. The third kappa shape index (κ3) is 2.58. The fraction of sp³-hybridized carbons (Fsp3) is 0.476. The van der Waals surface area contributed by atoms with E-state index in [1.807, 2.05) is 11.0 Å². The summed E-state index contributed by atoms with van der Waals surface area (Å²) in [6.07, 6.45) is 4.84. The van der Waals surface area contributed by atoms with Gasteiger partial charge >= 0.3 is 0 Å². The van der Waals surface area contributed by atoms with Crippen LogP contribution in [0.15, 0.2) is 35.4 Å². The predicted molar refractivity (Wildman–Crippen MR) is 103 cm³/mol. The first kappa shape index (κ1) is 17.0. The SMILES string of the molecule is O=C(c1c[nH]c(=O)cn1)N1C[C@H](c2ccc3c(c2)OCO3)[C@H]2[C@@H]1C1CCN2CC1. The molecule has 3 atom stereocenters. The Kier molecular flexibility index (Phi) is 3.71. The number of carbonyl (C=O) groups excluding carboxylic acids is 1. The molecule has 8 nitrogen and oxygen atoms in total. The summed E-state index contributed by atoms with van der Waals surface area (Å²) >= 11 is 0. The molecule has 4 fully saturated rings. The van der Waals surface area contributed by atoms with E-state index in [2.05, 4.69) is 27.0 Å². The molecule has 7 rings (SSSR count). The maximum absolute atomic E-state index is 13.3. The van der Waals surface area contributed by atoms with Crippen molar-refractivity contribution < 1.29 is 14.3 Å². The minimum Gasteiger partial charge on any atom is -0.454 e. The number of hydrogen-bond acceptors (Lipinski definition) is 6. The third-order valence-corrected chi connectivity index (χ3v) is 6.97. The Balaban J connectivity index is 1.38. The number of aromatic nitrogens is 2. The second-order valence-corrected chi connectivity index (χ2v) is 8.33. The zero-order chi connectivity index (χ0) is 19.5. The maximum Gasteiger partial charge on any atom is 0.274 e. The molecular weight excluding hydrogens is 372 g/mol. The van der Waals surface area contributed by atoms with Gasteiger partial charge in [-0.25, -0.2) is 4.98 Å². The van der Waals surface area contributed by atoms with Crippen LogP contribution in [0.25, 0.3) is 0 Å². The first-order valence-electron chi connectivity index (χ1n) is 10.2. The third-order valence-electron chi connectivity index (χ3n) is 6.97. The van der Waals surface area contributed by atoms with E-state index in [-0.39, 0.29) is 30.2 Å². The van der Waals surface area contributed by atoms with Crippen molar-refractivity contribution in [1.82, 2.24) is 19.8 Å². The highest BCUT2D eigenvalue weighted by Gasteiger charge is 2.55. The van der Waals surface area contributed by atoms with Gasteiger partial charge in [0.25, 0.3) is 11.5 Å². The second-order valence-electron chi connectivity index (χ2n) is 8.33. The molecule has 0 radical (unpaired) electrons. The Morgan fingerprint density at radius 2 is 1.97 bits per heavy atom. The topological polar surface area (TPSA) is 87.8 Å². The lowest BCUT2D eigenvalue weighted by Crippen LogP contribution is -2.60. The van der Waals surface area contributed by atoms with Gasteiger partial charge in [0.15, 0.2) is 11.5 Å². The summed E-state index contributed by atoms with van der Waals surface area (Å²) in [6, 6.07) is 6.62. The molecule has 2 aromatic rings. The minimum atomic E-state index is -0.304. The number of carbonyl (C=O) groups is 1. The molecular formula is C21H22N4O4. The number of piperidine rings is 3. The molecule has 0 spiro atoms. The highest BCUT2D eigenvalue weighted by atomic mass is 16.7. The van der Waals surface area contributed by atoms with Gasteiger partial charge in [-0.2, -0.15) is 0 Å². The van der Waals surface area contributed by atoms with E-state index in [0.717, 1.165) is 37.4 Å². The molecule has 1 N–H and O–H groups in total. The number of amides is 1. The normalized spacial score (nSPS) is 31.7. The van der Waals surface area contributed by atoms with Gasteiger partial charge in [0, 0.05) is 24.7 Å². The predicted octanol–water partition coefficient (Wildman–Crippen LogP) is 1.20. The molecule has 4 saturated heterocycles. The molecule has 5 aliphatic heterocycles. The van der Waals surface area contributed by atoms with Crippen LogP contribution in [0.3, 0.4) is 0 Å². The number of aromatic amines is 1. The van der Waals surface area contributed by atoms with Crippen LogP contribution in [-0.4, -0.2) is 64.2 Å². The number of likely N-dealkylation sites (tertiary alicyclic amines) is 1. The Hall–Kier alpha value is -2.87. The number of hydrogen-bond donors (Lipinski definition) is 1. The molecule has 8 heteroatoms. The standard InChI is InChI=1S/C21H22N4O4/c26-18-9-22-15(8-23-18)21(27)25-10-14(13-1-2-16-17(7-13)29-11-28-16)20-19(25)12-3-5-24(20)6-4-12/h1-2,7-9,12,14,19-20H,3-6,10-11H2,(H,23,26)/t14-,19+,20+/m1/s1. The van der Waals surface area contributed by atoms with Crippen LogP contribution >= 0.6 is 0 Å². The average Bonchev–Trinajstić information content (AvgIpc) is 3.40. The van der Waals surface area contributed by atoms with E-state index in [0.29, 0.717) is 24.2 Å². The van der Waals surface area contributed by atoms with Crippen LogP contribution in [0.4, 0.5) is 0 Å². The van der Waals surface area contributed by atoms with Crippen molar-refractivity contribution in [3.8, 4) is 11.5 Å². The van der Waals surface area contributed by atoms with Crippen molar-refractivity contribution in [2.24, 2.45) is 5.92 Å². The van der Waals surface area contributed by atoms with Gasteiger partial charge in [0.2, 0.25) is 6.79 Å². The van der Waals surface area contributed by atoms with Gasteiger partial charge in [-0.15, -0.1) is 0 Å². The number of ether oxygens (including phenoxy) is 2. The lowest BCUT2D eigenvalue weighted by molar-refractivity contribution is -0.00360. The van der Waals surface area contributed by atoms with E-state index >= 15 is 0 Å². The summed E-state index contributed by atoms with van der Waals surface area (Å²) in [5.41, 5.74) is 1.18. The van der Waals surface area contributed by atoms with Gasteiger partial charge in [-0.05, 0) is 49.5 Å². The Bertz CT molecular complexity index is 1010. The fourth-order valence-corrected chi connectivity index (χ4v) is 5.70. The molecule has 1 aromatic carbocycles. The van der Waals surface area contributed by atoms with E-state index in [4.69, 9.17) is 9.47 Å². The summed E-state index contributed by atoms with van der Waals surface area (Å²) in [7, 11) is 0. The van der Waals surface area contributed by atoms with Crippen molar-refractivity contribution >= 4 is 5.91 Å². The zero-order valence-electron chi connectivity index (χ0n) is 15.9. The summed E-state index contributed by atoms with van der Waals surface area (Å²) < 4.78 is 11.1.